The lowest BCUT2D eigenvalue weighted by atomic mass is 10.1. The number of benzene rings is 1. The number of rotatable bonds is 8. The lowest BCUT2D eigenvalue weighted by molar-refractivity contribution is -0.156. The van der Waals surface area contributed by atoms with Gasteiger partial charge in [-0.05, 0) is 45.7 Å². The third-order valence-electron chi connectivity index (χ3n) is 4.29. The molecule has 150 valence electrons. The van der Waals surface area contributed by atoms with E-state index in [9.17, 15) is 9.59 Å². The second kappa shape index (κ2) is 9.60. The highest BCUT2D eigenvalue weighted by Crippen LogP contribution is 2.31. The summed E-state index contributed by atoms with van der Waals surface area (Å²) in [6.07, 6.45) is 2.86. The molecule has 1 heterocycles. The average Bonchev–Trinajstić information content (AvgIpc) is 2.61. The Bertz CT molecular complexity index is 634. The van der Waals surface area contributed by atoms with Crippen LogP contribution in [0.5, 0.6) is 5.75 Å². The molecule has 0 unspecified atom stereocenters. The number of carbonyl (C=O) groups is 2. The lowest BCUT2D eigenvalue weighted by Crippen LogP contribution is -2.37. The van der Waals surface area contributed by atoms with Gasteiger partial charge < -0.3 is 24.4 Å². The smallest absolute Gasteiger partial charge is 0.308 e. The number of esters is 1. The summed E-state index contributed by atoms with van der Waals surface area (Å²) in [5, 5.41) is 2.63. The van der Waals surface area contributed by atoms with Crippen molar-refractivity contribution in [2.24, 2.45) is 0 Å². The zero-order valence-corrected chi connectivity index (χ0v) is 16.6. The van der Waals surface area contributed by atoms with Crippen molar-refractivity contribution in [2.75, 3.05) is 37.0 Å². The molecule has 2 rings (SSSR count). The van der Waals surface area contributed by atoms with E-state index >= 15 is 0 Å². The van der Waals surface area contributed by atoms with E-state index in [1.165, 1.54) is 0 Å². The summed E-state index contributed by atoms with van der Waals surface area (Å²) in [5.74, 6) is 0.409. The maximum Gasteiger partial charge on any atom is 0.308 e. The fourth-order valence-corrected chi connectivity index (χ4v) is 3.04. The number of nitrogens with zero attached hydrogens (tertiary/aromatic N) is 1. The molecule has 0 aromatic heterocycles. The van der Waals surface area contributed by atoms with Crippen LogP contribution in [0.25, 0.3) is 0 Å². The van der Waals surface area contributed by atoms with Crippen LogP contribution in [0.4, 0.5) is 11.4 Å². The molecule has 7 nitrogen and oxygen atoms in total. The van der Waals surface area contributed by atoms with E-state index in [1.807, 2.05) is 39.0 Å². The van der Waals surface area contributed by atoms with Gasteiger partial charge in [-0.15, -0.1) is 0 Å². The van der Waals surface area contributed by atoms with Crippen molar-refractivity contribution >= 4 is 23.8 Å². The molecule has 1 fully saturated rings. The summed E-state index contributed by atoms with van der Waals surface area (Å²) in [5.41, 5.74) is 1.24. The van der Waals surface area contributed by atoms with E-state index in [0.29, 0.717) is 24.5 Å². The third kappa shape index (κ3) is 6.75. The third-order valence-corrected chi connectivity index (χ3v) is 4.29. The van der Waals surface area contributed by atoms with Crippen LogP contribution >= 0.6 is 0 Å². The van der Waals surface area contributed by atoms with Gasteiger partial charge in [0.05, 0.1) is 31.9 Å². The van der Waals surface area contributed by atoms with Crippen LogP contribution in [0.1, 0.15) is 40.0 Å². The lowest BCUT2D eigenvalue weighted by Gasteiger charge is -2.33. The minimum Gasteiger partial charge on any atom is -0.494 e. The van der Waals surface area contributed by atoms with Gasteiger partial charge in [-0.25, -0.2) is 0 Å². The summed E-state index contributed by atoms with van der Waals surface area (Å²) in [6.45, 7) is 7.69. The zero-order valence-electron chi connectivity index (χ0n) is 16.6. The summed E-state index contributed by atoms with van der Waals surface area (Å²) in [7, 11) is 1.58. The first kappa shape index (κ1) is 21.0. The monoisotopic (exact) mass is 378 g/mol. The van der Waals surface area contributed by atoms with E-state index in [4.69, 9.17) is 14.2 Å². The molecule has 7 heteroatoms. The maximum atomic E-state index is 11.7. The summed E-state index contributed by atoms with van der Waals surface area (Å²) in [4.78, 5) is 24.6. The molecule has 0 aliphatic carbocycles. The molecule has 0 spiro atoms. The first-order valence-corrected chi connectivity index (χ1v) is 9.29. The van der Waals surface area contributed by atoms with E-state index in [1.54, 1.807) is 7.11 Å². The first-order chi connectivity index (χ1) is 12.8. The van der Waals surface area contributed by atoms with E-state index in [0.717, 1.165) is 31.6 Å². The molecule has 1 aliphatic rings. The number of anilines is 2. The number of ether oxygens (including phenoxy) is 3. The number of nitrogens with one attached hydrogen (secondary N) is 1. The molecule has 1 aromatic rings. The van der Waals surface area contributed by atoms with Gasteiger partial charge >= 0.3 is 5.97 Å². The number of hydrogen-bond donors (Lipinski definition) is 1. The van der Waals surface area contributed by atoms with E-state index in [-0.39, 0.29) is 18.5 Å². The van der Waals surface area contributed by atoms with Gasteiger partial charge in [0, 0.05) is 24.8 Å². The minimum absolute atomic E-state index is 0.154. The average molecular weight is 378 g/mol. The van der Waals surface area contributed by atoms with Gasteiger partial charge in [-0.2, -0.15) is 0 Å². The predicted molar refractivity (Wildman–Crippen MR) is 104 cm³/mol. The van der Waals surface area contributed by atoms with E-state index < -0.39 is 5.60 Å². The Hall–Kier alpha value is -2.28. The molecular formula is C20H30N2O5. The molecule has 0 bridgehead atoms. The molecule has 27 heavy (non-hydrogen) atoms. The number of carbonyl (C=O) groups excluding carboxylic acids is 2. The fourth-order valence-electron chi connectivity index (χ4n) is 3.04. The molecule has 1 amide bonds. The van der Waals surface area contributed by atoms with Crippen LogP contribution in [0.2, 0.25) is 0 Å². The molecule has 1 N–H and O–H groups in total. The highest BCUT2D eigenvalue weighted by molar-refractivity contribution is 5.77. The van der Waals surface area contributed by atoms with Crippen LogP contribution in [0.15, 0.2) is 18.2 Å². The zero-order chi connectivity index (χ0) is 19.9. The standard InChI is InChI=1S/C20H30N2O5/c1-20(2,3)27-19(24)9-12-26-16-7-10-22(11-8-16)15-5-6-17(21-14-23)18(13-15)25-4/h5-6,13-14,16H,7-12H2,1-4H3,(H,21,23). The van der Waals surface area contributed by atoms with Crippen molar-refractivity contribution in [1.82, 2.24) is 0 Å². The van der Waals surface area contributed by atoms with Gasteiger partial charge in [-0.3, -0.25) is 9.59 Å². The van der Waals surface area contributed by atoms with Gasteiger partial charge in [0.25, 0.3) is 0 Å². The van der Waals surface area contributed by atoms with Crippen LogP contribution in [0, 0.1) is 0 Å². The van der Waals surface area contributed by atoms with Crippen LogP contribution in [0.3, 0.4) is 0 Å². The summed E-state index contributed by atoms with van der Waals surface area (Å²) >= 11 is 0. The Morgan fingerprint density at radius 1 is 1.30 bits per heavy atom. The second-order valence-electron chi connectivity index (χ2n) is 7.54. The molecular weight excluding hydrogens is 348 g/mol. The largest absolute Gasteiger partial charge is 0.494 e. The Balaban J connectivity index is 1.78. The van der Waals surface area contributed by atoms with Crippen LogP contribution in [-0.2, 0) is 19.1 Å². The highest BCUT2D eigenvalue weighted by atomic mass is 16.6. The molecule has 0 radical (unpaired) electrons. The molecule has 0 saturated carbocycles. The van der Waals surface area contributed by atoms with Crippen molar-refractivity contribution in [2.45, 2.75) is 51.7 Å². The van der Waals surface area contributed by atoms with Crippen molar-refractivity contribution in [3.8, 4) is 5.75 Å². The van der Waals surface area contributed by atoms with Gasteiger partial charge in [0.1, 0.15) is 11.4 Å². The van der Waals surface area contributed by atoms with Gasteiger partial charge in [0.15, 0.2) is 0 Å². The second-order valence-corrected chi connectivity index (χ2v) is 7.54. The number of piperidine rings is 1. The van der Waals surface area contributed by atoms with Crippen molar-refractivity contribution in [3.63, 3.8) is 0 Å². The van der Waals surface area contributed by atoms with Crippen LogP contribution < -0.4 is 15.0 Å². The first-order valence-electron chi connectivity index (χ1n) is 9.29. The van der Waals surface area contributed by atoms with Crippen LogP contribution in [-0.4, -0.2) is 50.9 Å². The van der Waals surface area contributed by atoms with Crippen molar-refractivity contribution < 1.29 is 23.8 Å². The normalized spacial score (nSPS) is 15.3. The van der Waals surface area contributed by atoms with E-state index in [2.05, 4.69) is 10.2 Å². The van der Waals surface area contributed by atoms with Crippen molar-refractivity contribution in [1.29, 1.82) is 0 Å². The Labute approximate surface area is 161 Å². The SMILES string of the molecule is COc1cc(N2CCC(OCCC(=O)OC(C)(C)C)CC2)ccc1NC=O. The summed E-state index contributed by atoms with van der Waals surface area (Å²) < 4.78 is 16.5. The maximum absolute atomic E-state index is 11.7. The molecule has 0 atom stereocenters. The molecule has 1 saturated heterocycles. The van der Waals surface area contributed by atoms with Crippen molar-refractivity contribution in [3.05, 3.63) is 18.2 Å². The molecule has 1 aliphatic heterocycles. The quantitative estimate of drug-likeness (QED) is 0.554. The minimum atomic E-state index is -0.458. The Morgan fingerprint density at radius 3 is 2.59 bits per heavy atom. The highest BCUT2D eigenvalue weighted by Gasteiger charge is 2.22. The number of amides is 1. The topological polar surface area (TPSA) is 77.1 Å². The fraction of sp³-hybridized carbons (Fsp3) is 0.600. The van der Waals surface area contributed by atoms with Gasteiger partial charge in [0.2, 0.25) is 6.41 Å². The predicted octanol–water partition coefficient (Wildman–Crippen LogP) is 2.98. The molecule has 1 aromatic carbocycles. The van der Waals surface area contributed by atoms with Gasteiger partial charge in [-0.1, -0.05) is 0 Å². The Kier molecular flexibility index (Phi) is 7.47. The Morgan fingerprint density at radius 2 is 2.00 bits per heavy atom. The number of methoxy groups -OCH3 is 1. The number of hydrogen-bond acceptors (Lipinski definition) is 6. The summed E-state index contributed by atoms with van der Waals surface area (Å²) in [6, 6.07) is 5.74.